The van der Waals surface area contributed by atoms with Gasteiger partial charge in [-0.1, -0.05) is 119 Å². The first-order valence-electron chi connectivity index (χ1n) is 26.0. The summed E-state index contributed by atoms with van der Waals surface area (Å²) in [6.07, 6.45) is 6.66. The number of furan rings is 1. The molecule has 0 unspecified atom stereocenters. The monoisotopic (exact) mass is 858 g/mol. The lowest BCUT2D eigenvalue weighted by molar-refractivity contribution is 0.332. The Morgan fingerprint density at radius 1 is 0.431 bits per heavy atom. The van der Waals surface area contributed by atoms with Gasteiger partial charge in [-0.25, -0.2) is 0 Å². The maximum atomic E-state index is 9.17. The minimum absolute atomic E-state index is 0.0193. The molecule has 6 aromatic carbocycles. The number of fused-ring (bicyclic) bond motifs is 10. The van der Waals surface area contributed by atoms with Crippen LogP contribution in [0.1, 0.15) is 165 Å². The molecule has 0 bridgehead atoms. The van der Waals surface area contributed by atoms with Crippen LogP contribution >= 0.6 is 0 Å². The van der Waals surface area contributed by atoms with E-state index in [0.29, 0.717) is 5.56 Å². The molecule has 0 N–H and O–H groups in total. The summed E-state index contributed by atoms with van der Waals surface area (Å²) in [5.41, 5.74) is 20.3. The van der Waals surface area contributed by atoms with Gasteiger partial charge in [-0.05, 0) is 188 Å². The molecule has 7 aromatic rings. The largest absolute Gasteiger partial charge is 0.456 e. The zero-order valence-corrected chi connectivity index (χ0v) is 40.9. The van der Waals surface area contributed by atoms with E-state index in [0.717, 1.165) is 100 Å². The predicted molar refractivity (Wildman–Crippen MR) is 278 cm³/mol. The molecule has 12 rings (SSSR count). The van der Waals surface area contributed by atoms with E-state index in [1.165, 1.54) is 44.3 Å². The van der Waals surface area contributed by atoms with Crippen molar-refractivity contribution in [2.45, 2.75) is 161 Å². The molecule has 0 fully saturated rings. The van der Waals surface area contributed by atoms with Gasteiger partial charge in [0.05, 0.1) is 0 Å². The Morgan fingerprint density at radius 2 is 0.862 bits per heavy atom. The Morgan fingerprint density at radius 3 is 1.38 bits per heavy atom. The zero-order valence-electron chi connectivity index (χ0n) is 43.9. The number of anilines is 6. The van der Waals surface area contributed by atoms with Crippen LogP contribution in [-0.2, 0) is 32.5 Å². The number of hydrogen-bond acceptors (Lipinski definition) is 3. The van der Waals surface area contributed by atoms with E-state index in [-0.39, 0.29) is 39.2 Å². The van der Waals surface area contributed by atoms with Crippen LogP contribution in [-0.4, -0.2) is 6.71 Å². The number of benzene rings is 6. The second-order valence-electron chi connectivity index (χ2n) is 24.8. The summed E-state index contributed by atoms with van der Waals surface area (Å²) < 4.78 is 34.1. The van der Waals surface area contributed by atoms with Crippen molar-refractivity contribution in [3.63, 3.8) is 0 Å². The molecule has 1 aromatic heterocycles. The molecule has 5 aliphatic rings. The number of nitrogens with zero attached hydrogens (tertiary/aromatic N) is 2. The molecule has 0 saturated heterocycles. The van der Waals surface area contributed by atoms with Gasteiger partial charge < -0.3 is 14.2 Å². The lowest BCUT2D eigenvalue weighted by Gasteiger charge is -2.49. The van der Waals surface area contributed by atoms with Crippen LogP contribution in [0.4, 0.5) is 34.1 Å². The van der Waals surface area contributed by atoms with Crippen LogP contribution in [0.25, 0.3) is 21.9 Å². The number of hydrogen-bond donors (Lipinski definition) is 0. The fourth-order valence-electron chi connectivity index (χ4n) is 13.2. The molecule has 65 heavy (non-hydrogen) atoms. The summed E-state index contributed by atoms with van der Waals surface area (Å²) in [4.78, 5) is 4.88. The second kappa shape index (κ2) is 13.0. The minimum Gasteiger partial charge on any atom is -0.456 e. The van der Waals surface area contributed by atoms with Crippen LogP contribution < -0.4 is 26.2 Å². The maximum absolute atomic E-state index is 9.17. The quantitative estimate of drug-likeness (QED) is 0.162. The first kappa shape index (κ1) is 37.9. The molecule has 0 radical (unpaired) electrons. The molecule has 0 amide bonds. The molecule has 3 heterocycles. The zero-order chi connectivity index (χ0) is 48.0. The van der Waals surface area contributed by atoms with Crippen LogP contribution in [0.15, 0.2) is 101 Å². The van der Waals surface area contributed by atoms with Crippen molar-refractivity contribution < 1.29 is 8.53 Å². The van der Waals surface area contributed by atoms with Crippen LogP contribution in [0.3, 0.4) is 0 Å². The van der Waals surface area contributed by atoms with Gasteiger partial charge in [0.25, 0.3) is 6.71 Å². The first-order chi connectivity index (χ1) is 31.8. The van der Waals surface area contributed by atoms with Gasteiger partial charge in [0.1, 0.15) is 11.2 Å². The number of para-hydroxylation sites is 1. The summed E-state index contributed by atoms with van der Waals surface area (Å²) in [5.74, 6) is 0. The number of aryl methyl sites for hydroxylation is 1. The Kier molecular flexibility index (Phi) is 7.60. The van der Waals surface area contributed by atoms with Crippen LogP contribution in [0.2, 0.25) is 0 Å². The lowest BCUT2D eigenvalue weighted by Crippen LogP contribution is -2.62. The Hall–Kier alpha value is -5.22. The van der Waals surface area contributed by atoms with E-state index < -0.39 is 6.85 Å². The molecule has 3 aliphatic carbocycles. The van der Waals surface area contributed by atoms with Crippen molar-refractivity contribution in [2.24, 2.45) is 0 Å². The molecular weight excluding hydrogens is 787 g/mol. The van der Waals surface area contributed by atoms with Crippen molar-refractivity contribution in [3.05, 3.63) is 136 Å². The van der Waals surface area contributed by atoms with E-state index >= 15 is 0 Å². The highest BCUT2D eigenvalue weighted by atomic mass is 16.3. The van der Waals surface area contributed by atoms with Crippen LogP contribution in [0.5, 0.6) is 0 Å². The van der Waals surface area contributed by atoms with Gasteiger partial charge in [-0.15, -0.1) is 0 Å². The highest BCUT2D eigenvalue weighted by Crippen LogP contribution is 2.54. The smallest absolute Gasteiger partial charge is 0.252 e. The van der Waals surface area contributed by atoms with E-state index in [9.17, 15) is 4.11 Å². The first-order valence-corrected chi connectivity index (χ1v) is 24.5. The third-order valence-corrected chi connectivity index (χ3v) is 17.7. The van der Waals surface area contributed by atoms with Crippen molar-refractivity contribution in [1.29, 1.82) is 0 Å². The summed E-state index contributed by atoms with van der Waals surface area (Å²) in [5, 5.41) is 2.16. The third-order valence-electron chi connectivity index (χ3n) is 17.7. The van der Waals surface area contributed by atoms with Gasteiger partial charge in [0, 0.05) is 55.1 Å². The summed E-state index contributed by atoms with van der Waals surface area (Å²) in [6.45, 7) is 26.5. The Bertz CT molecular complexity index is 3330. The summed E-state index contributed by atoms with van der Waals surface area (Å²) in [6, 6.07) is 36.3. The SMILES string of the molecule is [2H]C([2H])([2H])c1cc2c3c(c1)N(c1ccc4c(c1)oc1ccccc14)c1cc4c(cc1B3c1cc3c(cc1N2c1ccc2c(c1)C(C)(C)CCC2(C)C)C(C)(C)CCC3(C)C)C(C)(C)CCC4(C)C. The molecule has 4 heteroatoms. The average molecular weight is 858 g/mol. The Labute approximate surface area is 392 Å². The maximum Gasteiger partial charge on any atom is 0.252 e. The molecule has 3 nitrogen and oxygen atoms in total. The lowest BCUT2D eigenvalue weighted by atomic mass is 9.32. The summed E-state index contributed by atoms with van der Waals surface area (Å²) >= 11 is 0. The van der Waals surface area contributed by atoms with Crippen molar-refractivity contribution >= 4 is 79.2 Å². The molecule has 330 valence electrons. The summed E-state index contributed by atoms with van der Waals surface area (Å²) in [7, 11) is 0. The highest BCUT2D eigenvalue weighted by Gasteiger charge is 2.49. The van der Waals surface area contributed by atoms with Crippen molar-refractivity contribution in [3.8, 4) is 0 Å². The van der Waals surface area contributed by atoms with E-state index in [1.807, 2.05) is 24.3 Å². The van der Waals surface area contributed by atoms with E-state index in [2.05, 4.69) is 166 Å². The van der Waals surface area contributed by atoms with E-state index in [4.69, 9.17) is 4.42 Å². The van der Waals surface area contributed by atoms with Gasteiger partial charge in [-0.2, -0.15) is 0 Å². The fourth-order valence-corrected chi connectivity index (χ4v) is 13.2. The topological polar surface area (TPSA) is 19.6 Å². The van der Waals surface area contributed by atoms with Crippen LogP contribution in [0, 0.1) is 6.85 Å². The molecule has 0 spiro atoms. The van der Waals surface area contributed by atoms with Crippen molar-refractivity contribution in [1.82, 2.24) is 0 Å². The van der Waals surface area contributed by atoms with Gasteiger partial charge >= 0.3 is 0 Å². The normalized spacial score (nSPS) is 21.8. The molecular formula is C61H67BN2O. The molecule has 0 atom stereocenters. The standard InChI is InChI=1S/C61H67BN2O/c1-36-28-51-55-52(29-36)64(38-18-20-40-39-16-14-15-17-53(39)65-54(40)31-38)50-35-46-44(59(8,9)25-27-61(46,12)13)33-48(50)62(55)47-32-43-45(60(10,11)26-24-58(43,6)7)34-49(47)63(51)37-19-21-41-42(30-37)57(4,5)23-22-56(41,2)3/h14-21,28-35H,22-27H2,1-13H3/i1D3. The highest BCUT2D eigenvalue weighted by molar-refractivity contribution is 7.00. The number of rotatable bonds is 2. The van der Waals surface area contributed by atoms with Crippen molar-refractivity contribution in [2.75, 3.05) is 9.80 Å². The average Bonchev–Trinajstić information content (AvgIpc) is 3.65. The Balaban J connectivity index is 1.23. The fraction of sp³-hybridized carbons (Fsp3) is 0.410. The van der Waals surface area contributed by atoms with E-state index in [1.54, 1.807) is 0 Å². The molecule has 0 saturated carbocycles. The minimum atomic E-state index is -2.37. The second-order valence-corrected chi connectivity index (χ2v) is 24.8. The third kappa shape index (κ3) is 5.80. The van der Waals surface area contributed by atoms with Gasteiger partial charge in [0.2, 0.25) is 0 Å². The predicted octanol–water partition coefficient (Wildman–Crippen LogP) is 15.0. The molecule has 2 aliphatic heterocycles. The van der Waals surface area contributed by atoms with Gasteiger partial charge in [-0.3, -0.25) is 0 Å². The van der Waals surface area contributed by atoms with Gasteiger partial charge in [0.15, 0.2) is 0 Å².